The van der Waals surface area contributed by atoms with E-state index in [1.165, 1.54) is 19.3 Å². The highest BCUT2D eigenvalue weighted by Crippen LogP contribution is 2.43. The van der Waals surface area contributed by atoms with Gasteiger partial charge in [-0.05, 0) is 77.0 Å². The van der Waals surface area contributed by atoms with Gasteiger partial charge in [0, 0.05) is 12.8 Å². The van der Waals surface area contributed by atoms with Gasteiger partial charge >= 0.3 is 19.8 Å². The second-order valence-corrected chi connectivity index (χ2v) is 13.7. The quantitative estimate of drug-likeness (QED) is 0.0254. The number of phosphoric acid groups is 1. The van der Waals surface area contributed by atoms with Gasteiger partial charge in [-0.3, -0.25) is 18.6 Å². The third-order valence-electron chi connectivity index (χ3n) is 7.41. The Morgan fingerprint density at radius 1 is 0.620 bits per heavy atom. The molecule has 0 aromatic carbocycles. The van der Waals surface area contributed by atoms with Gasteiger partial charge in [-0.15, -0.1) is 0 Å². The van der Waals surface area contributed by atoms with Crippen molar-refractivity contribution in [2.75, 3.05) is 26.4 Å². The molecule has 0 radical (unpaired) electrons. The summed E-state index contributed by atoms with van der Waals surface area (Å²) in [6, 6.07) is 0. The molecule has 0 bridgehead atoms. The van der Waals surface area contributed by atoms with E-state index in [9.17, 15) is 24.2 Å². The van der Waals surface area contributed by atoms with E-state index < -0.39 is 51.8 Å². The maximum Gasteiger partial charge on any atom is 0.472 e. The Labute approximate surface area is 302 Å². The van der Waals surface area contributed by atoms with Crippen molar-refractivity contribution in [3.8, 4) is 0 Å². The zero-order valence-electron chi connectivity index (χ0n) is 30.8. The molecule has 0 rings (SSSR count). The number of rotatable bonds is 34. The lowest BCUT2D eigenvalue weighted by molar-refractivity contribution is -0.161. The van der Waals surface area contributed by atoms with Crippen molar-refractivity contribution in [1.82, 2.24) is 0 Å². The summed E-state index contributed by atoms with van der Waals surface area (Å²) in [5, 5.41) is 18.3. The predicted octanol–water partition coefficient (Wildman–Crippen LogP) is 9.16. The Morgan fingerprint density at radius 2 is 1.10 bits per heavy atom. The third kappa shape index (κ3) is 34.1. The van der Waals surface area contributed by atoms with Crippen molar-refractivity contribution in [2.24, 2.45) is 0 Å². The Hall–Kier alpha value is -2.33. The number of hydrogen-bond acceptors (Lipinski definition) is 9. The lowest BCUT2D eigenvalue weighted by atomic mass is 10.1. The van der Waals surface area contributed by atoms with Gasteiger partial charge in [-0.25, -0.2) is 4.57 Å². The maximum atomic E-state index is 12.5. The topological polar surface area (TPSA) is 149 Å². The molecule has 3 atom stereocenters. The van der Waals surface area contributed by atoms with Crippen LogP contribution in [-0.4, -0.2) is 65.7 Å². The van der Waals surface area contributed by atoms with Crippen molar-refractivity contribution >= 4 is 19.8 Å². The van der Waals surface area contributed by atoms with Crippen LogP contribution in [0, 0.1) is 0 Å². The molecule has 10 nitrogen and oxygen atoms in total. The van der Waals surface area contributed by atoms with Crippen LogP contribution in [0.2, 0.25) is 0 Å². The van der Waals surface area contributed by atoms with E-state index in [4.69, 9.17) is 19.1 Å². The SMILES string of the molecule is CC/C=C\C/C=C\C/C=C\C/C=C\CCCCC(=O)OC[C@H](COP(=O)(O)OC[C@@H](O)CO)OC(=O)CCCCCCC/C=C\CCCCC. The molecule has 0 heterocycles. The van der Waals surface area contributed by atoms with Crippen LogP contribution < -0.4 is 0 Å². The van der Waals surface area contributed by atoms with Crippen LogP contribution in [0.3, 0.4) is 0 Å². The van der Waals surface area contributed by atoms with Gasteiger partial charge in [0.05, 0.1) is 19.8 Å². The first-order valence-corrected chi connectivity index (χ1v) is 20.2. The molecule has 0 aliphatic rings. The minimum atomic E-state index is -4.62. The van der Waals surface area contributed by atoms with E-state index in [2.05, 4.69) is 79.1 Å². The number of esters is 2. The first kappa shape index (κ1) is 47.7. The van der Waals surface area contributed by atoms with Gasteiger partial charge in [0.1, 0.15) is 12.7 Å². The number of aliphatic hydroxyl groups is 2. The highest BCUT2D eigenvalue weighted by Gasteiger charge is 2.27. The zero-order chi connectivity index (χ0) is 37.0. The van der Waals surface area contributed by atoms with E-state index in [0.717, 1.165) is 77.0 Å². The molecule has 288 valence electrons. The van der Waals surface area contributed by atoms with Gasteiger partial charge in [0.25, 0.3) is 0 Å². The van der Waals surface area contributed by atoms with Crippen LogP contribution in [0.1, 0.15) is 136 Å². The van der Waals surface area contributed by atoms with Crippen molar-refractivity contribution in [1.29, 1.82) is 0 Å². The van der Waals surface area contributed by atoms with Crippen LogP contribution in [0.5, 0.6) is 0 Å². The molecule has 1 unspecified atom stereocenters. The number of ether oxygens (including phenoxy) is 2. The summed E-state index contributed by atoms with van der Waals surface area (Å²) in [5.41, 5.74) is 0. The monoisotopic (exact) mass is 726 g/mol. The smallest absolute Gasteiger partial charge is 0.462 e. The first-order chi connectivity index (χ1) is 24.2. The van der Waals surface area contributed by atoms with Crippen molar-refractivity contribution in [3.05, 3.63) is 60.8 Å². The molecule has 0 fully saturated rings. The highest BCUT2D eigenvalue weighted by atomic mass is 31.2. The second kappa shape index (κ2) is 35.1. The summed E-state index contributed by atoms with van der Waals surface area (Å²) >= 11 is 0. The Morgan fingerprint density at radius 3 is 1.72 bits per heavy atom. The average molecular weight is 727 g/mol. The summed E-state index contributed by atoms with van der Waals surface area (Å²) in [4.78, 5) is 34.8. The largest absolute Gasteiger partial charge is 0.472 e. The summed E-state index contributed by atoms with van der Waals surface area (Å²) in [6.07, 6.45) is 36.2. The zero-order valence-corrected chi connectivity index (χ0v) is 31.7. The van der Waals surface area contributed by atoms with E-state index in [0.29, 0.717) is 12.8 Å². The second-order valence-electron chi connectivity index (χ2n) is 12.2. The minimum Gasteiger partial charge on any atom is -0.462 e. The number of aliphatic hydroxyl groups excluding tert-OH is 2. The van der Waals surface area contributed by atoms with Gasteiger partial charge < -0.3 is 24.6 Å². The van der Waals surface area contributed by atoms with Gasteiger partial charge in [-0.2, -0.15) is 0 Å². The Kier molecular flexibility index (Phi) is 33.5. The van der Waals surface area contributed by atoms with Gasteiger partial charge in [-0.1, -0.05) is 107 Å². The van der Waals surface area contributed by atoms with E-state index >= 15 is 0 Å². The number of carbonyl (C=O) groups is 2. The van der Waals surface area contributed by atoms with Crippen LogP contribution in [-0.2, 0) is 32.7 Å². The van der Waals surface area contributed by atoms with Gasteiger partial charge in [0.2, 0.25) is 0 Å². The fraction of sp³-hybridized carbons (Fsp3) is 0.692. The summed E-state index contributed by atoms with van der Waals surface area (Å²) in [6.45, 7) is 2.15. The predicted molar refractivity (Wildman–Crippen MR) is 200 cm³/mol. The average Bonchev–Trinajstić information content (AvgIpc) is 3.10. The maximum absolute atomic E-state index is 12.5. The molecule has 3 N–H and O–H groups in total. The van der Waals surface area contributed by atoms with E-state index in [1.807, 2.05) is 0 Å². The molecule has 0 saturated carbocycles. The molecular weight excluding hydrogens is 659 g/mol. The molecular formula is C39H67O10P. The van der Waals surface area contributed by atoms with Crippen LogP contribution in [0.4, 0.5) is 0 Å². The molecule has 0 aromatic heterocycles. The number of carbonyl (C=O) groups excluding carboxylic acids is 2. The minimum absolute atomic E-state index is 0.162. The van der Waals surface area contributed by atoms with Crippen LogP contribution in [0.25, 0.3) is 0 Å². The molecule has 0 saturated heterocycles. The fourth-order valence-electron chi connectivity index (χ4n) is 4.51. The first-order valence-electron chi connectivity index (χ1n) is 18.7. The molecule has 0 aromatic rings. The van der Waals surface area contributed by atoms with Crippen LogP contribution in [0.15, 0.2) is 60.8 Å². The Balaban J connectivity index is 4.48. The molecule has 50 heavy (non-hydrogen) atoms. The number of phosphoric ester groups is 1. The molecule has 0 amide bonds. The molecule has 0 aliphatic heterocycles. The molecule has 0 spiro atoms. The highest BCUT2D eigenvalue weighted by molar-refractivity contribution is 7.47. The van der Waals surface area contributed by atoms with Crippen molar-refractivity contribution < 1.29 is 47.8 Å². The number of unbranched alkanes of at least 4 members (excludes halogenated alkanes) is 10. The van der Waals surface area contributed by atoms with Gasteiger partial charge in [0.15, 0.2) is 6.10 Å². The standard InChI is InChI=1S/C39H67O10P/c1-3-5-7-9-11-13-15-17-18-19-21-22-24-26-28-30-38(42)46-34-37(35-48-50(44,45)47-33-36(41)32-40)49-39(43)31-29-27-25-23-20-16-14-12-10-8-6-4-2/h5,7,11-14,17-18,21-22,36-37,40-41H,3-4,6,8-10,15-16,19-20,23-35H2,1-2H3,(H,44,45)/b7-5-,13-11-,14-12-,18-17-,22-21-/t36-,37+/m0/s1. The Bertz CT molecular complexity index is 1020. The van der Waals surface area contributed by atoms with Crippen LogP contribution >= 0.6 is 7.82 Å². The molecule has 11 heteroatoms. The summed E-state index contributed by atoms with van der Waals surface area (Å²) in [5.74, 6) is -0.992. The number of allylic oxidation sites excluding steroid dienone is 10. The van der Waals surface area contributed by atoms with E-state index in [1.54, 1.807) is 0 Å². The lowest BCUT2D eigenvalue weighted by Gasteiger charge is -2.20. The van der Waals surface area contributed by atoms with E-state index in [-0.39, 0.29) is 19.4 Å². The number of hydrogen-bond donors (Lipinski definition) is 3. The summed E-state index contributed by atoms with van der Waals surface area (Å²) in [7, 11) is -4.62. The molecule has 0 aliphatic carbocycles. The fourth-order valence-corrected chi connectivity index (χ4v) is 5.30. The van der Waals surface area contributed by atoms with Crippen molar-refractivity contribution in [2.45, 2.75) is 148 Å². The summed E-state index contributed by atoms with van der Waals surface area (Å²) < 4.78 is 32.5. The lowest BCUT2D eigenvalue weighted by Crippen LogP contribution is -2.29. The van der Waals surface area contributed by atoms with Crippen molar-refractivity contribution in [3.63, 3.8) is 0 Å². The third-order valence-corrected chi connectivity index (χ3v) is 8.36. The normalized spacial score (nSPS) is 14.7.